The minimum absolute atomic E-state index is 0.0367. The molecule has 0 aliphatic rings. The first-order valence-corrected chi connectivity index (χ1v) is 33.3. The van der Waals surface area contributed by atoms with Gasteiger partial charge in [-0.25, -0.2) is 24.3 Å². The van der Waals surface area contributed by atoms with Gasteiger partial charge < -0.3 is 84.7 Å². The van der Waals surface area contributed by atoms with Crippen LogP contribution in [-0.4, -0.2) is 162 Å². The molecule has 2 aromatic heterocycles. The van der Waals surface area contributed by atoms with Crippen molar-refractivity contribution >= 4 is 151 Å². The van der Waals surface area contributed by atoms with E-state index in [1.54, 1.807) is 0 Å². The topological polar surface area (TPSA) is 665 Å². The van der Waals surface area contributed by atoms with Crippen molar-refractivity contribution < 1.29 is 124 Å². The standard InChI is InChI=1S/C53H54N16O26S4/c70-9-7-54-48-60-50(64-52(62-48)58-37-18-33(96(80,81)82)13-26-15-39(98(86,87)88)43(45(72)41(26)37)68-66-31-3-1-24(20-92-76)28(11-31)22-94-78)56-30-5-6-36(35(17-30)47(74)75)57-51-61-49(55-8-10-71)63-53(65-51)59-38-19-34(97(83,84)85)14-27-16-40(99(89,90)91)44(46(73)42(27)38)69-67-32-4-2-25(21-93-77)29(12-32)23-95-79/h1-6,11-19,70-73,76-79,86-91H,7-10,20-23H2,(H,74,75)(H,80,81,82)(H,83,84,85)(H3,54,56,58,60,62,64)(H3,55,57,59,61,63,65). The molecule has 0 atom stereocenters. The first-order chi connectivity index (χ1) is 46.9. The number of phenolic OH excluding ortho intramolecular Hbond substituents is 2. The molecule has 0 saturated carbocycles. The van der Waals surface area contributed by atoms with E-state index in [1.165, 1.54) is 48.5 Å². The summed E-state index contributed by atoms with van der Waals surface area (Å²) in [5.41, 5.74) is -2.44. The van der Waals surface area contributed by atoms with Crippen molar-refractivity contribution in [2.45, 2.75) is 46.0 Å². The summed E-state index contributed by atoms with van der Waals surface area (Å²) in [6, 6.07) is 16.3. The van der Waals surface area contributed by atoms with Gasteiger partial charge >= 0.3 is 5.97 Å². The molecule has 0 saturated heterocycles. The van der Waals surface area contributed by atoms with Gasteiger partial charge in [0.25, 0.3) is 20.2 Å². The number of phenols is 2. The summed E-state index contributed by atoms with van der Waals surface area (Å²) in [5, 5.41) is 121. The van der Waals surface area contributed by atoms with Crippen molar-refractivity contribution in [1.29, 1.82) is 0 Å². The maximum atomic E-state index is 13.1. The lowest BCUT2D eigenvalue weighted by molar-refractivity contribution is -0.258. The fraction of sp³-hybridized carbons (Fsp3) is 0.151. The molecule has 0 amide bonds. The molecule has 0 fully saturated rings. The average Bonchev–Trinajstić information content (AvgIpc) is 0.753. The molecule has 0 bridgehead atoms. The van der Waals surface area contributed by atoms with Crippen LogP contribution in [0, 0.1) is 0 Å². The van der Waals surface area contributed by atoms with Crippen LogP contribution in [0.1, 0.15) is 32.6 Å². The molecular weight excluding hydrogens is 1400 g/mol. The number of anilines is 10. The number of azo groups is 2. The van der Waals surface area contributed by atoms with Crippen LogP contribution in [0.2, 0.25) is 0 Å². The largest absolute Gasteiger partial charge is 0.505 e. The third kappa shape index (κ3) is 17.9. The molecule has 0 spiro atoms. The van der Waals surface area contributed by atoms with Crippen LogP contribution in [0.25, 0.3) is 21.5 Å². The van der Waals surface area contributed by atoms with Gasteiger partial charge in [0.1, 0.15) is 59.5 Å². The van der Waals surface area contributed by atoms with Crippen molar-refractivity contribution in [2.75, 3.05) is 58.2 Å². The summed E-state index contributed by atoms with van der Waals surface area (Å²) in [6.07, 6.45) is 0. The summed E-state index contributed by atoms with van der Waals surface area (Å²) in [6.45, 7) is -3.00. The van der Waals surface area contributed by atoms with Crippen molar-refractivity contribution in [1.82, 2.24) is 29.9 Å². The van der Waals surface area contributed by atoms with Gasteiger partial charge in [-0.3, -0.25) is 30.1 Å². The Hall–Kier alpha value is -9.97. The van der Waals surface area contributed by atoms with E-state index in [2.05, 4.69) is 102 Å². The highest BCUT2D eigenvalue weighted by Gasteiger charge is 2.31. The number of hydrogen-bond acceptors (Lipinski definition) is 39. The Kier molecular flexibility index (Phi) is 22.8. The number of hydrogen-bond donors (Lipinski definition) is 23. The Bertz CT molecular complexity index is 4860. The average molecular weight is 1460 g/mol. The highest BCUT2D eigenvalue weighted by atomic mass is 32.3. The van der Waals surface area contributed by atoms with E-state index in [-0.39, 0.29) is 72.1 Å². The smallest absolute Gasteiger partial charge is 0.337 e. The summed E-state index contributed by atoms with van der Waals surface area (Å²) in [7, 11) is -20.1. The fourth-order valence-corrected chi connectivity index (χ4v) is 11.7. The van der Waals surface area contributed by atoms with E-state index < -0.39 is 179 Å². The number of aromatic nitrogens is 6. The highest BCUT2D eigenvalue weighted by molar-refractivity contribution is 8.19. The molecule has 23 N–H and O–H groups in total. The van der Waals surface area contributed by atoms with Gasteiger partial charge in [0.2, 0.25) is 35.7 Å². The van der Waals surface area contributed by atoms with Crippen LogP contribution in [-0.2, 0) is 66.2 Å². The number of carboxylic acid groups (broad SMARTS) is 1. The summed E-state index contributed by atoms with van der Waals surface area (Å²) < 4.78 is 135. The number of carboxylic acids is 1. The van der Waals surface area contributed by atoms with Crippen LogP contribution in [0.4, 0.5) is 81.2 Å². The zero-order valence-corrected chi connectivity index (χ0v) is 53.0. The van der Waals surface area contributed by atoms with E-state index in [0.717, 1.165) is 42.5 Å². The monoisotopic (exact) mass is 1460 g/mol. The molecule has 46 heteroatoms. The fourth-order valence-electron chi connectivity index (χ4n) is 9.29. The zero-order chi connectivity index (χ0) is 71.7. The molecule has 7 aromatic carbocycles. The van der Waals surface area contributed by atoms with Crippen molar-refractivity contribution in [2.24, 2.45) is 20.5 Å². The van der Waals surface area contributed by atoms with Crippen molar-refractivity contribution in [3.8, 4) is 11.5 Å². The second-order valence-electron chi connectivity index (χ2n) is 20.1. The number of aromatic carboxylic acids is 1. The summed E-state index contributed by atoms with van der Waals surface area (Å²) in [4.78, 5) is 51.8. The van der Waals surface area contributed by atoms with E-state index in [1.807, 2.05) is 0 Å². The van der Waals surface area contributed by atoms with E-state index in [0.29, 0.717) is 11.1 Å². The van der Waals surface area contributed by atoms with Crippen LogP contribution in [0.5, 0.6) is 11.5 Å². The number of nitrogens with zero attached hydrogens (tertiary/aromatic N) is 10. The highest BCUT2D eigenvalue weighted by Crippen LogP contribution is 2.57. The molecule has 42 nitrogen and oxygen atoms in total. The number of carbonyl (C=O) groups is 1. The quantitative estimate of drug-likeness (QED) is 0.00831. The lowest BCUT2D eigenvalue weighted by Crippen LogP contribution is -2.13. The molecule has 526 valence electrons. The SMILES string of the molecule is O=C(O)c1cc(Nc2nc(NCCO)nc(Nc3cc(S(=O)(=O)O)cc4cc(S(O)(O)O)c(N=Nc5ccc(COO)c(COO)c5)c(O)c34)n2)ccc1Nc1nc(NCCO)nc(Nc2cc(S(=O)(=O)O)cc3cc(S(O)(O)O)c(N=Nc4ccc(COO)c(COO)c4)c(O)c23)n1. The van der Waals surface area contributed by atoms with Crippen molar-refractivity contribution in [3.05, 3.63) is 119 Å². The maximum Gasteiger partial charge on any atom is 0.337 e. The second-order valence-corrected chi connectivity index (χ2v) is 25.9. The molecule has 0 aliphatic carbocycles. The Morgan fingerprint density at radius 2 is 0.808 bits per heavy atom. The molecule has 9 aromatic rings. The molecular formula is C53H54N16O26S4. The Balaban J connectivity index is 1.08. The maximum absolute atomic E-state index is 13.1. The molecule has 0 unspecified atom stereocenters. The molecule has 99 heavy (non-hydrogen) atoms. The van der Waals surface area contributed by atoms with Crippen LogP contribution < -0.4 is 31.9 Å². The first kappa shape index (κ1) is 73.3. The third-order valence-corrected chi connectivity index (χ3v) is 17.0. The number of aliphatic hydroxyl groups excluding tert-OH is 2. The lowest BCUT2D eigenvalue weighted by atomic mass is 10.1. The summed E-state index contributed by atoms with van der Waals surface area (Å²) >= 11 is 0. The summed E-state index contributed by atoms with van der Waals surface area (Å²) in [5.74, 6) is -6.22. The Morgan fingerprint density at radius 3 is 1.17 bits per heavy atom. The minimum atomic E-state index is -5.17. The molecule has 2 heterocycles. The first-order valence-electron chi connectivity index (χ1n) is 27.4. The van der Waals surface area contributed by atoms with Gasteiger partial charge in [-0.1, -0.05) is 12.1 Å². The van der Waals surface area contributed by atoms with E-state index in [4.69, 9.17) is 21.0 Å². The number of rotatable bonds is 31. The van der Waals surface area contributed by atoms with Gasteiger partial charge in [0, 0.05) is 29.5 Å². The predicted octanol–water partition coefficient (Wildman–Crippen LogP) is 9.70. The number of nitrogens with one attached hydrogen (secondary N) is 6. The van der Waals surface area contributed by atoms with Crippen molar-refractivity contribution in [3.63, 3.8) is 0 Å². The van der Waals surface area contributed by atoms with E-state index >= 15 is 0 Å². The number of aromatic hydroxyl groups is 2. The minimum Gasteiger partial charge on any atom is -0.505 e. The normalized spacial score (nSPS) is 12.6. The second kappa shape index (κ2) is 30.8. The lowest BCUT2D eigenvalue weighted by Gasteiger charge is -2.23. The van der Waals surface area contributed by atoms with Gasteiger partial charge in [-0.05, 0) is 112 Å². The van der Waals surface area contributed by atoms with Gasteiger partial charge in [0.05, 0.1) is 66.8 Å². The molecule has 9 rings (SSSR count). The third-order valence-electron chi connectivity index (χ3n) is 13.5. The molecule has 0 radical (unpaired) electrons. The number of fused-ring (bicyclic) bond motifs is 2. The zero-order valence-electron chi connectivity index (χ0n) is 49.7. The van der Waals surface area contributed by atoms with Crippen LogP contribution in [0.15, 0.2) is 131 Å². The van der Waals surface area contributed by atoms with Gasteiger partial charge in [-0.15, -0.1) is 10.2 Å². The molecule has 0 aliphatic heterocycles. The number of aliphatic hydroxyl groups is 2. The van der Waals surface area contributed by atoms with Gasteiger partial charge in [-0.2, -0.15) is 57.0 Å². The number of benzene rings is 7. The van der Waals surface area contributed by atoms with Crippen LogP contribution >= 0.6 is 21.7 Å². The van der Waals surface area contributed by atoms with E-state index in [9.17, 15) is 83.6 Å². The predicted molar refractivity (Wildman–Crippen MR) is 347 cm³/mol. The Morgan fingerprint density at radius 1 is 0.434 bits per heavy atom. The van der Waals surface area contributed by atoms with Gasteiger partial charge in [0.15, 0.2) is 11.5 Å². The van der Waals surface area contributed by atoms with Crippen LogP contribution in [0.3, 0.4) is 0 Å². The Labute approximate surface area is 557 Å².